The SMILES string of the molecule is CC(C)c1ccc(CC(=O)Nc2c[nH]c3cc(F)c(F)cc23)cc1. The summed E-state index contributed by atoms with van der Waals surface area (Å²) in [6, 6.07) is 10.0. The largest absolute Gasteiger partial charge is 0.359 e. The first-order chi connectivity index (χ1) is 11.4. The first-order valence-corrected chi connectivity index (χ1v) is 7.79. The fourth-order valence-electron chi connectivity index (χ4n) is 2.62. The molecule has 0 aliphatic rings. The number of hydrogen-bond donors (Lipinski definition) is 2. The van der Waals surface area contributed by atoms with E-state index in [1.54, 1.807) is 0 Å². The summed E-state index contributed by atoms with van der Waals surface area (Å²) in [7, 11) is 0. The average molecular weight is 328 g/mol. The van der Waals surface area contributed by atoms with E-state index in [1.165, 1.54) is 11.8 Å². The molecular formula is C19H18F2N2O. The number of carbonyl (C=O) groups excluding carboxylic acids is 1. The normalized spacial score (nSPS) is 11.2. The van der Waals surface area contributed by atoms with Crippen molar-refractivity contribution in [3.63, 3.8) is 0 Å². The van der Waals surface area contributed by atoms with Crippen LogP contribution >= 0.6 is 0 Å². The van der Waals surface area contributed by atoms with E-state index >= 15 is 0 Å². The number of carbonyl (C=O) groups is 1. The zero-order valence-corrected chi connectivity index (χ0v) is 13.5. The van der Waals surface area contributed by atoms with Gasteiger partial charge in [-0.25, -0.2) is 8.78 Å². The molecule has 0 aliphatic heterocycles. The topological polar surface area (TPSA) is 44.9 Å². The van der Waals surface area contributed by atoms with E-state index in [9.17, 15) is 13.6 Å². The monoisotopic (exact) mass is 328 g/mol. The van der Waals surface area contributed by atoms with Crippen molar-refractivity contribution in [1.82, 2.24) is 4.98 Å². The number of aromatic nitrogens is 1. The molecule has 0 spiro atoms. The van der Waals surface area contributed by atoms with Crippen LogP contribution in [0.2, 0.25) is 0 Å². The Morgan fingerprint density at radius 2 is 1.79 bits per heavy atom. The lowest BCUT2D eigenvalue weighted by Crippen LogP contribution is -2.14. The predicted molar refractivity (Wildman–Crippen MR) is 91.1 cm³/mol. The summed E-state index contributed by atoms with van der Waals surface area (Å²) in [6.45, 7) is 4.22. The van der Waals surface area contributed by atoms with Crippen LogP contribution in [-0.4, -0.2) is 10.9 Å². The Morgan fingerprint density at radius 1 is 1.12 bits per heavy atom. The molecular weight excluding hydrogens is 310 g/mol. The molecule has 3 aromatic rings. The number of aromatic amines is 1. The maximum atomic E-state index is 13.4. The minimum Gasteiger partial charge on any atom is -0.359 e. The molecule has 0 atom stereocenters. The maximum Gasteiger partial charge on any atom is 0.228 e. The van der Waals surface area contributed by atoms with Crippen LogP contribution in [0.5, 0.6) is 0 Å². The second kappa shape index (κ2) is 6.43. The minimum atomic E-state index is -0.943. The van der Waals surface area contributed by atoms with Gasteiger partial charge in [0.05, 0.1) is 17.6 Å². The molecule has 1 amide bonds. The number of amides is 1. The van der Waals surface area contributed by atoms with Crippen LogP contribution in [-0.2, 0) is 11.2 Å². The number of nitrogens with one attached hydrogen (secondary N) is 2. The van der Waals surface area contributed by atoms with Gasteiger partial charge in [0.1, 0.15) is 0 Å². The molecule has 124 valence electrons. The number of hydrogen-bond acceptors (Lipinski definition) is 1. The third-order valence-corrected chi connectivity index (χ3v) is 4.01. The molecule has 0 radical (unpaired) electrons. The Bertz CT molecular complexity index is 882. The molecule has 2 N–H and O–H groups in total. The van der Waals surface area contributed by atoms with E-state index in [0.29, 0.717) is 22.5 Å². The number of halogens is 2. The third kappa shape index (κ3) is 3.30. The van der Waals surface area contributed by atoms with Crippen LogP contribution in [0.15, 0.2) is 42.6 Å². The number of benzene rings is 2. The van der Waals surface area contributed by atoms with E-state index in [4.69, 9.17) is 0 Å². The van der Waals surface area contributed by atoms with Gasteiger partial charge in [0.25, 0.3) is 0 Å². The molecule has 3 rings (SSSR count). The van der Waals surface area contributed by atoms with E-state index in [0.717, 1.165) is 17.7 Å². The second-order valence-corrected chi connectivity index (χ2v) is 6.14. The highest BCUT2D eigenvalue weighted by Crippen LogP contribution is 2.25. The molecule has 3 nitrogen and oxygen atoms in total. The molecule has 24 heavy (non-hydrogen) atoms. The lowest BCUT2D eigenvalue weighted by atomic mass is 10.0. The van der Waals surface area contributed by atoms with Crippen molar-refractivity contribution in [3.8, 4) is 0 Å². The number of rotatable bonds is 4. The molecule has 0 fully saturated rings. The van der Waals surface area contributed by atoms with Gasteiger partial charge >= 0.3 is 0 Å². The molecule has 0 unspecified atom stereocenters. The zero-order valence-electron chi connectivity index (χ0n) is 13.5. The highest BCUT2D eigenvalue weighted by molar-refractivity contribution is 6.02. The first-order valence-electron chi connectivity index (χ1n) is 7.79. The van der Waals surface area contributed by atoms with Crippen molar-refractivity contribution in [2.45, 2.75) is 26.2 Å². The van der Waals surface area contributed by atoms with E-state index in [-0.39, 0.29) is 12.3 Å². The van der Waals surface area contributed by atoms with Gasteiger partial charge in [0.2, 0.25) is 5.91 Å². The van der Waals surface area contributed by atoms with Crippen molar-refractivity contribution in [2.75, 3.05) is 5.32 Å². The Kier molecular flexibility index (Phi) is 4.34. The summed E-state index contributed by atoms with van der Waals surface area (Å²) in [5.41, 5.74) is 2.99. The Balaban J connectivity index is 1.74. The van der Waals surface area contributed by atoms with Gasteiger partial charge in [0.15, 0.2) is 11.6 Å². The molecule has 0 aliphatic carbocycles. The van der Waals surface area contributed by atoms with Crippen LogP contribution in [0, 0.1) is 11.6 Å². The average Bonchev–Trinajstić information content (AvgIpc) is 2.90. The van der Waals surface area contributed by atoms with E-state index in [1.807, 2.05) is 24.3 Å². The number of anilines is 1. The fraction of sp³-hybridized carbons (Fsp3) is 0.211. The van der Waals surface area contributed by atoms with Gasteiger partial charge < -0.3 is 10.3 Å². The van der Waals surface area contributed by atoms with Crippen LogP contribution in [0.1, 0.15) is 30.9 Å². The highest BCUT2D eigenvalue weighted by atomic mass is 19.2. The molecule has 0 saturated heterocycles. The van der Waals surface area contributed by atoms with Gasteiger partial charge in [-0.15, -0.1) is 0 Å². The molecule has 1 aromatic heterocycles. The van der Waals surface area contributed by atoms with Crippen molar-refractivity contribution in [2.24, 2.45) is 0 Å². The molecule has 2 aromatic carbocycles. The zero-order chi connectivity index (χ0) is 17.3. The summed E-state index contributed by atoms with van der Waals surface area (Å²) in [4.78, 5) is 15.0. The summed E-state index contributed by atoms with van der Waals surface area (Å²) < 4.78 is 26.6. The van der Waals surface area contributed by atoms with Gasteiger partial charge in [-0.3, -0.25) is 4.79 Å². The molecule has 0 saturated carbocycles. The van der Waals surface area contributed by atoms with Crippen molar-refractivity contribution < 1.29 is 13.6 Å². The molecule has 5 heteroatoms. The van der Waals surface area contributed by atoms with Crippen molar-refractivity contribution in [1.29, 1.82) is 0 Å². The summed E-state index contributed by atoms with van der Waals surface area (Å²) in [5, 5.41) is 3.18. The van der Waals surface area contributed by atoms with Crippen LogP contribution < -0.4 is 5.32 Å². The lowest BCUT2D eigenvalue weighted by Gasteiger charge is -2.07. The van der Waals surface area contributed by atoms with Crippen LogP contribution in [0.3, 0.4) is 0 Å². The van der Waals surface area contributed by atoms with Gasteiger partial charge in [-0.05, 0) is 23.1 Å². The van der Waals surface area contributed by atoms with Crippen LogP contribution in [0.4, 0.5) is 14.5 Å². The Morgan fingerprint density at radius 3 is 2.46 bits per heavy atom. The van der Waals surface area contributed by atoms with E-state index < -0.39 is 11.6 Å². The fourth-order valence-corrected chi connectivity index (χ4v) is 2.62. The van der Waals surface area contributed by atoms with Crippen molar-refractivity contribution in [3.05, 3.63) is 65.4 Å². The van der Waals surface area contributed by atoms with Crippen LogP contribution in [0.25, 0.3) is 10.9 Å². The highest BCUT2D eigenvalue weighted by Gasteiger charge is 2.12. The summed E-state index contributed by atoms with van der Waals surface area (Å²) in [5.74, 6) is -1.64. The standard InChI is InChI=1S/C19H18F2N2O/c1-11(2)13-5-3-12(4-6-13)7-19(24)23-18-10-22-17-9-16(21)15(20)8-14(17)18/h3-6,8-11,22H,7H2,1-2H3,(H,23,24). The van der Waals surface area contributed by atoms with Gasteiger partial charge in [-0.1, -0.05) is 38.1 Å². The second-order valence-electron chi connectivity index (χ2n) is 6.14. The smallest absolute Gasteiger partial charge is 0.228 e. The van der Waals surface area contributed by atoms with E-state index in [2.05, 4.69) is 24.1 Å². The minimum absolute atomic E-state index is 0.210. The lowest BCUT2D eigenvalue weighted by molar-refractivity contribution is -0.115. The first kappa shape index (κ1) is 16.2. The van der Waals surface area contributed by atoms with Gasteiger partial charge in [-0.2, -0.15) is 0 Å². The maximum absolute atomic E-state index is 13.4. The number of H-pyrrole nitrogens is 1. The molecule has 1 heterocycles. The Hall–Kier alpha value is -2.69. The predicted octanol–water partition coefficient (Wildman–Crippen LogP) is 4.75. The quantitative estimate of drug-likeness (QED) is 0.713. The number of fused-ring (bicyclic) bond motifs is 1. The summed E-state index contributed by atoms with van der Waals surface area (Å²) >= 11 is 0. The molecule has 0 bridgehead atoms. The summed E-state index contributed by atoms with van der Waals surface area (Å²) in [6.07, 6.45) is 1.75. The Labute approximate surface area is 138 Å². The van der Waals surface area contributed by atoms with Gasteiger partial charge in [0, 0.05) is 17.6 Å². The van der Waals surface area contributed by atoms with Crippen molar-refractivity contribution >= 4 is 22.5 Å². The third-order valence-electron chi connectivity index (χ3n) is 4.01.